The second-order valence-corrected chi connectivity index (χ2v) is 7.18. The van der Waals surface area contributed by atoms with Crippen LogP contribution in [-0.4, -0.2) is 41.6 Å². The summed E-state index contributed by atoms with van der Waals surface area (Å²) in [6, 6.07) is 14.7. The third kappa shape index (κ3) is 4.12. The van der Waals surface area contributed by atoms with Crippen LogP contribution in [0.25, 0.3) is 0 Å². The number of thiocarbonyl (C=S) groups is 1. The zero-order chi connectivity index (χ0) is 18.7. The number of anilines is 1. The maximum absolute atomic E-state index is 11.0. The molecule has 1 aliphatic rings. The molecule has 0 spiro atoms. The fraction of sp³-hybridized carbons (Fsp3) is 0.278. The third-order valence-electron chi connectivity index (χ3n) is 4.55. The van der Waals surface area contributed by atoms with Crippen LogP contribution in [0.1, 0.15) is 11.6 Å². The van der Waals surface area contributed by atoms with Crippen LogP contribution in [0.4, 0.5) is 11.4 Å². The Kier molecular flexibility index (Phi) is 5.70. The predicted octanol–water partition coefficient (Wildman–Crippen LogP) is 2.52. The summed E-state index contributed by atoms with van der Waals surface area (Å²) in [4.78, 5) is 14.1. The number of halogens is 1. The highest BCUT2D eigenvalue weighted by molar-refractivity contribution is 7.80. The van der Waals surface area contributed by atoms with E-state index in [1.54, 1.807) is 0 Å². The van der Waals surface area contributed by atoms with Gasteiger partial charge in [0.05, 0.1) is 35.8 Å². The zero-order valence-electron chi connectivity index (χ0n) is 14.3. The minimum Gasteiger partial charge on any atom is -0.334 e. The number of hydrogen-bond donors (Lipinski definition) is 2. The van der Waals surface area contributed by atoms with Crippen molar-refractivity contribution >= 4 is 40.3 Å². The van der Waals surface area contributed by atoms with Crippen LogP contribution in [0.3, 0.4) is 0 Å². The maximum atomic E-state index is 11.0. The van der Waals surface area contributed by atoms with Gasteiger partial charge in [-0.15, -0.1) is 0 Å². The number of rotatable bonds is 3. The average Bonchev–Trinajstić information content (AvgIpc) is 2.64. The Balaban J connectivity index is 1.84. The molecule has 2 aromatic carbocycles. The van der Waals surface area contributed by atoms with Gasteiger partial charge < -0.3 is 15.1 Å². The van der Waals surface area contributed by atoms with Crippen molar-refractivity contribution in [1.82, 2.24) is 4.90 Å². The summed E-state index contributed by atoms with van der Waals surface area (Å²) in [6.07, 6.45) is 0. The second-order valence-electron chi connectivity index (χ2n) is 6.38. The predicted molar refractivity (Wildman–Crippen MR) is 107 cm³/mol. The van der Waals surface area contributed by atoms with Crippen molar-refractivity contribution in [2.75, 3.05) is 32.0 Å². The number of piperazine rings is 1. The summed E-state index contributed by atoms with van der Waals surface area (Å²) in [6.45, 7) is 2.69. The quantitative estimate of drug-likeness (QED) is 0.478. The van der Waals surface area contributed by atoms with E-state index in [2.05, 4.69) is 29.4 Å². The first kappa shape index (κ1) is 18.6. The lowest BCUT2D eigenvalue weighted by Gasteiger charge is -2.39. The van der Waals surface area contributed by atoms with E-state index in [9.17, 15) is 10.1 Å². The van der Waals surface area contributed by atoms with E-state index in [-0.39, 0.29) is 11.7 Å². The smallest absolute Gasteiger partial charge is 0.271 e. The van der Waals surface area contributed by atoms with Crippen LogP contribution < -0.4 is 10.2 Å². The van der Waals surface area contributed by atoms with Crippen molar-refractivity contribution < 1.29 is 9.82 Å². The molecule has 0 radical (unpaired) electrons. The molecular formula is C18H20ClN4O2S+. The number of benzene rings is 2. The van der Waals surface area contributed by atoms with Crippen molar-refractivity contribution in [1.29, 1.82) is 0 Å². The molecule has 0 aromatic heterocycles. The van der Waals surface area contributed by atoms with Gasteiger partial charge in [0.25, 0.3) is 5.69 Å². The summed E-state index contributed by atoms with van der Waals surface area (Å²) < 4.78 is 0. The molecule has 6 nitrogen and oxygen atoms in total. The van der Waals surface area contributed by atoms with Gasteiger partial charge in [-0.1, -0.05) is 41.9 Å². The second kappa shape index (κ2) is 7.99. The molecule has 0 aliphatic carbocycles. The number of hydrogen-bond acceptors (Lipinski definition) is 3. The van der Waals surface area contributed by atoms with Gasteiger partial charge in [-0.05, 0) is 23.8 Å². The molecule has 1 saturated heterocycles. The van der Waals surface area contributed by atoms with Gasteiger partial charge in [0.2, 0.25) is 0 Å². The van der Waals surface area contributed by atoms with Crippen molar-refractivity contribution in [3.8, 4) is 0 Å². The van der Waals surface area contributed by atoms with Crippen molar-refractivity contribution in [2.45, 2.75) is 6.04 Å². The van der Waals surface area contributed by atoms with Crippen LogP contribution in [0, 0.1) is 10.1 Å². The fourth-order valence-corrected chi connectivity index (χ4v) is 3.63. The molecule has 26 heavy (non-hydrogen) atoms. The minimum absolute atomic E-state index is 0.0258. The number of nitro groups is 1. The Morgan fingerprint density at radius 3 is 2.77 bits per heavy atom. The number of non-ortho nitro benzene ring substituents is 1. The normalized spacial score (nSPS) is 19.8. The fourth-order valence-electron chi connectivity index (χ4n) is 3.14. The molecule has 8 heteroatoms. The van der Waals surface area contributed by atoms with E-state index in [0.717, 1.165) is 19.6 Å². The number of nitrogens with one attached hydrogen (secondary N) is 2. The minimum atomic E-state index is -0.448. The SMILES string of the molecule is C[NH+]1CCN(C(=S)Nc2cc([N+](=O)[O-])ccc2Cl)[C@H](c2ccccc2)C1. The van der Waals surface area contributed by atoms with E-state index in [1.807, 2.05) is 18.2 Å². The van der Waals surface area contributed by atoms with E-state index < -0.39 is 4.92 Å². The van der Waals surface area contributed by atoms with Gasteiger partial charge >= 0.3 is 0 Å². The Hall–Kier alpha value is -2.22. The Morgan fingerprint density at radius 1 is 1.35 bits per heavy atom. The lowest BCUT2D eigenvalue weighted by Crippen LogP contribution is -3.12. The molecule has 3 rings (SSSR count). The molecule has 2 aromatic rings. The highest BCUT2D eigenvalue weighted by Gasteiger charge is 2.31. The maximum Gasteiger partial charge on any atom is 0.271 e. The Bertz CT molecular complexity index is 818. The highest BCUT2D eigenvalue weighted by atomic mass is 35.5. The monoisotopic (exact) mass is 391 g/mol. The van der Waals surface area contributed by atoms with Gasteiger partial charge in [-0.25, -0.2) is 0 Å². The summed E-state index contributed by atoms with van der Waals surface area (Å²) in [5.41, 5.74) is 1.62. The zero-order valence-corrected chi connectivity index (χ0v) is 15.9. The summed E-state index contributed by atoms with van der Waals surface area (Å²) in [7, 11) is 2.17. The molecule has 0 saturated carbocycles. The molecule has 1 aliphatic heterocycles. The summed E-state index contributed by atoms with van der Waals surface area (Å²) in [5, 5.41) is 15.0. The van der Waals surface area contributed by atoms with Crippen molar-refractivity contribution in [3.05, 3.63) is 69.2 Å². The van der Waals surface area contributed by atoms with Crippen LogP contribution in [0.2, 0.25) is 5.02 Å². The van der Waals surface area contributed by atoms with Crippen molar-refractivity contribution in [2.24, 2.45) is 0 Å². The van der Waals surface area contributed by atoms with Crippen LogP contribution >= 0.6 is 23.8 Å². The highest BCUT2D eigenvalue weighted by Crippen LogP contribution is 2.28. The molecule has 2 atom stereocenters. The molecule has 136 valence electrons. The van der Waals surface area contributed by atoms with Gasteiger partial charge in [0, 0.05) is 12.1 Å². The number of nitrogens with zero attached hydrogens (tertiary/aromatic N) is 2. The number of likely N-dealkylation sites (N-methyl/N-ethyl adjacent to an activating group) is 1. The van der Waals surface area contributed by atoms with E-state index in [4.69, 9.17) is 23.8 Å². The standard InChI is InChI=1S/C18H19ClN4O2S/c1-21-9-10-22(17(12-21)13-5-3-2-4-6-13)18(26)20-16-11-14(23(24)25)7-8-15(16)19/h2-8,11,17H,9-10,12H2,1H3,(H,20,26)/p+1/t17-/m0/s1. The van der Waals surface area contributed by atoms with Crippen molar-refractivity contribution in [3.63, 3.8) is 0 Å². The number of quaternary nitrogens is 1. The topological polar surface area (TPSA) is 62.8 Å². The van der Waals surface area contributed by atoms with Gasteiger partial charge in [0.15, 0.2) is 5.11 Å². The van der Waals surface area contributed by atoms with Crippen LogP contribution in [0.5, 0.6) is 0 Å². The molecule has 1 unspecified atom stereocenters. The lowest BCUT2D eigenvalue weighted by molar-refractivity contribution is -0.887. The first-order valence-electron chi connectivity index (χ1n) is 8.33. The molecular weight excluding hydrogens is 372 g/mol. The Morgan fingerprint density at radius 2 is 2.08 bits per heavy atom. The van der Waals surface area contributed by atoms with E-state index >= 15 is 0 Å². The van der Waals surface area contributed by atoms with Crippen LogP contribution in [-0.2, 0) is 0 Å². The third-order valence-corrected chi connectivity index (χ3v) is 5.21. The van der Waals surface area contributed by atoms with E-state index in [0.29, 0.717) is 15.8 Å². The molecule has 1 fully saturated rings. The molecule has 1 heterocycles. The first-order chi connectivity index (χ1) is 12.5. The van der Waals surface area contributed by atoms with Gasteiger partial charge in [-0.3, -0.25) is 10.1 Å². The summed E-state index contributed by atoms with van der Waals surface area (Å²) >= 11 is 11.8. The molecule has 0 amide bonds. The number of nitro benzene ring substituents is 1. The lowest BCUT2D eigenvalue weighted by atomic mass is 10.0. The largest absolute Gasteiger partial charge is 0.334 e. The Labute approximate surface area is 162 Å². The first-order valence-corrected chi connectivity index (χ1v) is 9.12. The van der Waals surface area contributed by atoms with E-state index in [1.165, 1.54) is 28.7 Å². The van der Waals surface area contributed by atoms with Gasteiger partial charge in [-0.2, -0.15) is 0 Å². The average molecular weight is 392 g/mol. The van der Waals surface area contributed by atoms with Gasteiger partial charge in [0.1, 0.15) is 12.6 Å². The summed E-state index contributed by atoms with van der Waals surface area (Å²) in [5.74, 6) is 0. The molecule has 2 N–H and O–H groups in total. The molecule has 0 bridgehead atoms. The van der Waals surface area contributed by atoms with Crippen LogP contribution in [0.15, 0.2) is 48.5 Å².